The number of hydrogen-bond donors (Lipinski definition) is 0. The minimum atomic E-state index is -0.482. The van der Waals surface area contributed by atoms with Gasteiger partial charge in [-0.2, -0.15) is 0 Å². The Hall–Kier alpha value is -1.34. The number of likely N-dealkylation sites (tertiary alicyclic amines) is 1. The summed E-state index contributed by atoms with van der Waals surface area (Å²) < 4.78 is 7.93. The fourth-order valence-corrected chi connectivity index (χ4v) is 3.30. The lowest BCUT2D eigenvalue weighted by atomic mass is 10.00. The van der Waals surface area contributed by atoms with Crippen LogP contribution in [0, 0.1) is 0 Å². The second-order valence-electron chi connectivity index (χ2n) is 6.28. The fourth-order valence-electron chi connectivity index (χ4n) is 2.39. The average Bonchev–Trinajstić information content (AvgIpc) is 2.64. The van der Waals surface area contributed by atoms with Crippen LogP contribution in [0.5, 0.6) is 0 Å². The highest BCUT2D eigenvalue weighted by Gasteiger charge is 2.37. The highest BCUT2D eigenvalue weighted by Crippen LogP contribution is 2.32. The lowest BCUT2D eigenvalue weighted by Crippen LogP contribution is -2.50. The molecule has 3 heterocycles. The quantitative estimate of drug-likeness (QED) is 0.751. The van der Waals surface area contributed by atoms with Crippen LogP contribution in [0.1, 0.15) is 32.5 Å². The van der Waals surface area contributed by atoms with E-state index in [1.54, 1.807) is 11.1 Å². The van der Waals surface area contributed by atoms with Gasteiger partial charge in [0.25, 0.3) is 0 Å². The van der Waals surface area contributed by atoms with Gasteiger partial charge in [-0.25, -0.2) is 14.8 Å². The zero-order valence-electron chi connectivity index (χ0n) is 12.5. The largest absolute Gasteiger partial charge is 0.444 e. The third-order valence-electron chi connectivity index (χ3n) is 3.39. The van der Waals surface area contributed by atoms with Crippen LogP contribution >= 0.6 is 27.5 Å². The lowest BCUT2D eigenvalue weighted by molar-refractivity contribution is 0.00747. The van der Waals surface area contributed by atoms with E-state index in [1.807, 2.05) is 31.4 Å². The third kappa shape index (κ3) is 2.79. The van der Waals surface area contributed by atoms with Crippen LogP contribution in [-0.2, 0) is 4.74 Å². The van der Waals surface area contributed by atoms with E-state index in [-0.39, 0.29) is 12.0 Å². The van der Waals surface area contributed by atoms with Crippen LogP contribution in [0.2, 0.25) is 5.15 Å². The molecule has 0 unspecified atom stereocenters. The predicted molar refractivity (Wildman–Crippen MR) is 86.2 cm³/mol. The van der Waals surface area contributed by atoms with Crippen molar-refractivity contribution in [2.75, 3.05) is 13.1 Å². The minimum absolute atomic E-state index is 0.157. The molecule has 0 aliphatic carbocycles. The van der Waals surface area contributed by atoms with Gasteiger partial charge in [0.05, 0.1) is 5.92 Å². The monoisotopic (exact) mass is 386 g/mol. The smallest absolute Gasteiger partial charge is 0.410 e. The van der Waals surface area contributed by atoms with Gasteiger partial charge in [0.2, 0.25) is 0 Å². The van der Waals surface area contributed by atoms with E-state index in [0.717, 1.165) is 11.3 Å². The van der Waals surface area contributed by atoms with Crippen LogP contribution in [0.3, 0.4) is 0 Å². The summed E-state index contributed by atoms with van der Waals surface area (Å²) in [5, 5.41) is 0.399. The Morgan fingerprint density at radius 1 is 1.45 bits per heavy atom. The van der Waals surface area contributed by atoms with Crippen molar-refractivity contribution in [3.05, 3.63) is 28.0 Å². The number of aromatic nitrogens is 3. The second kappa shape index (κ2) is 5.38. The van der Waals surface area contributed by atoms with Crippen molar-refractivity contribution in [3.63, 3.8) is 0 Å². The molecule has 0 bridgehead atoms. The molecular formula is C14H16BrClN4O2. The summed E-state index contributed by atoms with van der Waals surface area (Å²) in [4.78, 5) is 22.2. The first-order valence-corrected chi connectivity index (χ1v) is 8.09. The van der Waals surface area contributed by atoms with Gasteiger partial charge in [0.1, 0.15) is 21.5 Å². The number of imidazole rings is 1. The second-order valence-corrected chi connectivity index (χ2v) is 7.39. The predicted octanol–water partition coefficient (Wildman–Crippen LogP) is 3.48. The van der Waals surface area contributed by atoms with E-state index in [4.69, 9.17) is 16.3 Å². The summed E-state index contributed by atoms with van der Waals surface area (Å²) in [6, 6.07) is 0. The minimum Gasteiger partial charge on any atom is -0.444 e. The van der Waals surface area contributed by atoms with Gasteiger partial charge in [0.15, 0.2) is 5.15 Å². The molecule has 22 heavy (non-hydrogen) atoms. The molecule has 2 aromatic rings. The van der Waals surface area contributed by atoms with Crippen LogP contribution in [-0.4, -0.2) is 44.1 Å². The van der Waals surface area contributed by atoms with Crippen molar-refractivity contribution in [1.29, 1.82) is 0 Å². The molecule has 0 radical (unpaired) electrons. The Labute approximate surface area is 141 Å². The Kier molecular flexibility index (Phi) is 3.81. The van der Waals surface area contributed by atoms with Crippen molar-refractivity contribution >= 4 is 39.1 Å². The number of fused-ring (bicyclic) bond motifs is 1. The Balaban J connectivity index is 1.76. The van der Waals surface area contributed by atoms with Crippen molar-refractivity contribution in [1.82, 2.24) is 19.3 Å². The number of rotatable bonds is 1. The molecule has 118 valence electrons. The maximum atomic E-state index is 12.0. The number of halogens is 2. The van der Waals surface area contributed by atoms with E-state index in [9.17, 15) is 4.79 Å². The summed E-state index contributed by atoms with van der Waals surface area (Å²) in [6.45, 7) is 6.74. The molecule has 0 atom stereocenters. The molecule has 2 aromatic heterocycles. The van der Waals surface area contributed by atoms with Crippen LogP contribution in [0.4, 0.5) is 4.79 Å². The molecule has 1 aliphatic heterocycles. The van der Waals surface area contributed by atoms with Crippen LogP contribution < -0.4 is 0 Å². The van der Waals surface area contributed by atoms with Gasteiger partial charge in [-0.3, -0.25) is 4.40 Å². The maximum absolute atomic E-state index is 12.0. The van der Waals surface area contributed by atoms with Gasteiger partial charge >= 0.3 is 6.09 Å². The van der Waals surface area contributed by atoms with Crippen molar-refractivity contribution in [2.24, 2.45) is 0 Å². The lowest BCUT2D eigenvalue weighted by Gasteiger charge is -2.39. The molecule has 0 spiro atoms. The van der Waals surface area contributed by atoms with Gasteiger partial charge in [0, 0.05) is 25.5 Å². The van der Waals surface area contributed by atoms with Crippen molar-refractivity contribution in [3.8, 4) is 0 Å². The standard InChI is InChI=1S/C14H16BrClN4O2/c1-14(2,3)22-13(21)19-6-8(7-19)12-18-10(15)9-11(16)17-4-5-20(9)12/h4-5,8H,6-7H2,1-3H3. The molecule has 0 N–H and O–H groups in total. The first-order valence-electron chi connectivity index (χ1n) is 6.92. The van der Waals surface area contributed by atoms with Crippen LogP contribution in [0.25, 0.3) is 5.52 Å². The Bertz CT molecular complexity index is 734. The Morgan fingerprint density at radius 2 is 2.14 bits per heavy atom. The molecule has 6 nitrogen and oxygen atoms in total. The zero-order chi connectivity index (χ0) is 16.1. The molecule has 1 amide bonds. The van der Waals surface area contributed by atoms with Gasteiger partial charge in [-0.15, -0.1) is 0 Å². The normalized spacial score (nSPS) is 16.0. The first-order chi connectivity index (χ1) is 10.3. The molecular weight excluding hydrogens is 372 g/mol. The third-order valence-corrected chi connectivity index (χ3v) is 4.22. The SMILES string of the molecule is CC(C)(C)OC(=O)N1CC(c2nc(Br)c3c(Cl)nccn23)C1. The molecule has 3 rings (SSSR count). The first kappa shape index (κ1) is 15.6. The van der Waals surface area contributed by atoms with Crippen molar-refractivity contribution in [2.45, 2.75) is 32.3 Å². The van der Waals surface area contributed by atoms with Crippen molar-refractivity contribution < 1.29 is 9.53 Å². The number of ether oxygens (including phenoxy) is 1. The number of carbonyl (C=O) groups is 1. The maximum Gasteiger partial charge on any atom is 0.410 e. The summed E-state index contributed by atoms with van der Waals surface area (Å²) in [5.74, 6) is 1.02. The molecule has 0 saturated carbocycles. The fraction of sp³-hybridized carbons (Fsp3) is 0.500. The number of nitrogens with zero attached hydrogens (tertiary/aromatic N) is 4. The summed E-state index contributed by atoms with van der Waals surface area (Å²) >= 11 is 9.52. The van der Waals surface area contributed by atoms with Gasteiger partial charge < -0.3 is 9.64 Å². The average molecular weight is 388 g/mol. The summed E-state index contributed by atoms with van der Waals surface area (Å²) in [7, 11) is 0. The number of hydrogen-bond acceptors (Lipinski definition) is 4. The highest BCUT2D eigenvalue weighted by molar-refractivity contribution is 9.10. The van der Waals surface area contributed by atoms with E-state index < -0.39 is 5.60 Å². The summed E-state index contributed by atoms with van der Waals surface area (Å²) in [6.07, 6.45) is 3.17. The van der Waals surface area contributed by atoms with E-state index in [1.165, 1.54) is 0 Å². The van der Waals surface area contributed by atoms with Gasteiger partial charge in [-0.1, -0.05) is 11.6 Å². The van der Waals surface area contributed by atoms with Crippen LogP contribution in [0.15, 0.2) is 17.0 Å². The molecule has 0 aromatic carbocycles. The van der Waals surface area contributed by atoms with Gasteiger partial charge in [-0.05, 0) is 36.7 Å². The zero-order valence-corrected chi connectivity index (χ0v) is 14.8. The van der Waals surface area contributed by atoms with E-state index in [2.05, 4.69) is 25.9 Å². The highest BCUT2D eigenvalue weighted by atomic mass is 79.9. The topological polar surface area (TPSA) is 59.7 Å². The number of carbonyl (C=O) groups excluding carboxylic acids is 1. The summed E-state index contributed by atoms with van der Waals surface area (Å²) in [5.41, 5.74) is 0.264. The Morgan fingerprint density at radius 3 is 2.77 bits per heavy atom. The molecule has 8 heteroatoms. The van der Waals surface area contributed by atoms with E-state index in [0.29, 0.717) is 22.8 Å². The molecule has 1 saturated heterocycles. The molecule has 1 aliphatic rings. The van der Waals surface area contributed by atoms with E-state index >= 15 is 0 Å². The number of amides is 1. The molecule has 1 fully saturated rings.